The van der Waals surface area contributed by atoms with E-state index in [9.17, 15) is 9.59 Å². The van der Waals surface area contributed by atoms with Gasteiger partial charge in [0.25, 0.3) is 0 Å². The van der Waals surface area contributed by atoms with E-state index in [1.165, 1.54) is 0 Å². The fourth-order valence-corrected chi connectivity index (χ4v) is 2.88. The van der Waals surface area contributed by atoms with E-state index in [1.54, 1.807) is 11.9 Å². The number of amides is 1. The SMILES string of the molecule is C[C@@H]1CCCC(=O)N(C)/C=C/CC[C@@H](C)C(=O)OC(C(C)(C)C)C1. The van der Waals surface area contributed by atoms with Gasteiger partial charge < -0.3 is 9.64 Å². The van der Waals surface area contributed by atoms with Crippen LogP contribution in [0.1, 0.15) is 73.1 Å². The van der Waals surface area contributed by atoms with Gasteiger partial charge in [-0.05, 0) is 37.0 Å². The largest absolute Gasteiger partial charge is 0.462 e. The molecule has 0 fully saturated rings. The van der Waals surface area contributed by atoms with Gasteiger partial charge >= 0.3 is 5.97 Å². The first-order valence-electron chi connectivity index (χ1n) is 9.24. The Bertz CT molecular complexity index is 450. The first-order valence-corrected chi connectivity index (χ1v) is 9.24. The summed E-state index contributed by atoms with van der Waals surface area (Å²) in [6, 6.07) is 0. The fraction of sp³-hybridized carbons (Fsp3) is 0.800. The molecule has 1 amide bonds. The molecule has 1 heterocycles. The third kappa shape index (κ3) is 7.06. The fourth-order valence-electron chi connectivity index (χ4n) is 2.88. The average Bonchev–Trinajstić information content (AvgIpc) is 2.48. The number of esters is 1. The van der Waals surface area contributed by atoms with E-state index in [0.717, 1.165) is 32.1 Å². The van der Waals surface area contributed by atoms with E-state index >= 15 is 0 Å². The molecule has 0 saturated carbocycles. The van der Waals surface area contributed by atoms with E-state index in [4.69, 9.17) is 4.74 Å². The summed E-state index contributed by atoms with van der Waals surface area (Å²) in [5, 5.41) is 0. The summed E-state index contributed by atoms with van der Waals surface area (Å²) in [6.07, 6.45) is 8.48. The van der Waals surface area contributed by atoms with Gasteiger partial charge in [-0.3, -0.25) is 9.59 Å². The van der Waals surface area contributed by atoms with Gasteiger partial charge in [0, 0.05) is 19.7 Å². The molecule has 0 N–H and O–H groups in total. The Balaban J connectivity index is 2.86. The van der Waals surface area contributed by atoms with Crippen molar-refractivity contribution >= 4 is 11.9 Å². The molecule has 0 aromatic rings. The summed E-state index contributed by atoms with van der Waals surface area (Å²) < 4.78 is 5.88. The number of hydrogen-bond acceptors (Lipinski definition) is 3. The molecule has 0 spiro atoms. The zero-order chi connectivity index (χ0) is 18.3. The zero-order valence-electron chi connectivity index (χ0n) is 16.3. The molecule has 1 unspecified atom stereocenters. The maximum atomic E-state index is 12.4. The normalized spacial score (nSPS) is 30.2. The lowest BCUT2D eigenvalue weighted by molar-refractivity contribution is -0.160. The minimum atomic E-state index is -0.124. The maximum Gasteiger partial charge on any atom is 0.308 e. The van der Waals surface area contributed by atoms with Gasteiger partial charge in [0.05, 0.1) is 5.92 Å². The van der Waals surface area contributed by atoms with Crippen molar-refractivity contribution < 1.29 is 14.3 Å². The first-order chi connectivity index (χ1) is 11.1. The quantitative estimate of drug-likeness (QED) is 0.610. The van der Waals surface area contributed by atoms with Crippen LogP contribution in [0.2, 0.25) is 0 Å². The van der Waals surface area contributed by atoms with Crippen molar-refractivity contribution in [1.82, 2.24) is 4.90 Å². The smallest absolute Gasteiger partial charge is 0.308 e. The Morgan fingerprint density at radius 1 is 1.17 bits per heavy atom. The number of allylic oxidation sites excluding steroid dienone is 1. The molecule has 0 saturated heterocycles. The molecule has 0 aliphatic carbocycles. The van der Waals surface area contributed by atoms with Crippen LogP contribution in [0.15, 0.2) is 12.3 Å². The molecule has 1 aliphatic heterocycles. The Morgan fingerprint density at radius 2 is 1.83 bits per heavy atom. The summed E-state index contributed by atoms with van der Waals surface area (Å²) in [5.74, 6) is 0.355. The number of carbonyl (C=O) groups excluding carboxylic acids is 2. The number of nitrogens with zero attached hydrogens (tertiary/aromatic N) is 1. The van der Waals surface area contributed by atoms with Crippen LogP contribution in [0.5, 0.6) is 0 Å². The number of rotatable bonds is 0. The van der Waals surface area contributed by atoms with Crippen molar-refractivity contribution in [2.75, 3.05) is 7.05 Å². The predicted molar refractivity (Wildman–Crippen MR) is 97.3 cm³/mol. The van der Waals surface area contributed by atoms with E-state index in [2.05, 4.69) is 27.7 Å². The van der Waals surface area contributed by atoms with Crippen molar-refractivity contribution in [3.63, 3.8) is 0 Å². The van der Waals surface area contributed by atoms with Crippen molar-refractivity contribution in [2.24, 2.45) is 17.3 Å². The summed E-state index contributed by atoms with van der Waals surface area (Å²) in [7, 11) is 1.80. The van der Waals surface area contributed by atoms with Gasteiger partial charge in [-0.25, -0.2) is 0 Å². The second kappa shape index (κ2) is 9.24. The zero-order valence-corrected chi connectivity index (χ0v) is 16.3. The van der Waals surface area contributed by atoms with E-state index in [1.807, 2.05) is 19.2 Å². The molecule has 4 heteroatoms. The third-order valence-electron chi connectivity index (χ3n) is 4.82. The lowest BCUT2D eigenvalue weighted by Gasteiger charge is -2.33. The van der Waals surface area contributed by atoms with E-state index < -0.39 is 0 Å². The first kappa shape index (κ1) is 20.7. The summed E-state index contributed by atoms with van der Waals surface area (Å²) in [4.78, 5) is 26.2. The van der Waals surface area contributed by atoms with Gasteiger partial charge in [-0.1, -0.05) is 47.1 Å². The third-order valence-corrected chi connectivity index (χ3v) is 4.82. The molecule has 3 atom stereocenters. The highest BCUT2D eigenvalue weighted by Gasteiger charge is 2.31. The molecular formula is C20H35NO3. The molecule has 0 aromatic carbocycles. The van der Waals surface area contributed by atoms with Crippen molar-refractivity contribution in [3.8, 4) is 0 Å². The number of hydrogen-bond donors (Lipinski definition) is 0. The van der Waals surface area contributed by atoms with Gasteiger partial charge in [0.15, 0.2) is 0 Å². The highest BCUT2D eigenvalue weighted by atomic mass is 16.5. The molecular weight excluding hydrogens is 302 g/mol. The number of ether oxygens (including phenoxy) is 1. The van der Waals surface area contributed by atoms with Crippen molar-refractivity contribution in [3.05, 3.63) is 12.3 Å². The van der Waals surface area contributed by atoms with Crippen LogP contribution in [0.4, 0.5) is 0 Å². The van der Waals surface area contributed by atoms with Gasteiger partial charge in [0.2, 0.25) is 5.91 Å². The highest BCUT2D eigenvalue weighted by Crippen LogP contribution is 2.30. The number of cyclic esters (lactones) is 1. The highest BCUT2D eigenvalue weighted by molar-refractivity contribution is 5.76. The van der Waals surface area contributed by atoms with Crippen LogP contribution >= 0.6 is 0 Å². The molecule has 24 heavy (non-hydrogen) atoms. The van der Waals surface area contributed by atoms with E-state index in [-0.39, 0.29) is 29.3 Å². The van der Waals surface area contributed by atoms with Crippen LogP contribution in [0.3, 0.4) is 0 Å². The van der Waals surface area contributed by atoms with E-state index in [0.29, 0.717) is 12.3 Å². The molecule has 4 nitrogen and oxygen atoms in total. The second-order valence-electron chi connectivity index (χ2n) is 8.39. The summed E-state index contributed by atoms with van der Waals surface area (Å²) in [5.41, 5.74) is -0.0759. The van der Waals surface area contributed by atoms with Crippen LogP contribution in [0, 0.1) is 17.3 Å². The van der Waals surface area contributed by atoms with Crippen molar-refractivity contribution in [2.45, 2.75) is 79.2 Å². The van der Waals surface area contributed by atoms with Crippen LogP contribution in [-0.4, -0.2) is 29.9 Å². The van der Waals surface area contributed by atoms with Gasteiger partial charge in [-0.15, -0.1) is 0 Å². The Labute approximate surface area is 147 Å². The van der Waals surface area contributed by atoms with Gasteiger partial charge in [-0.2, -0.15) is 0 Å². The van der Waals surface area contributed by atoms with Crippen LogP contribution < -0.4 is 0 Å². The Hall–Kier alpha value is -1.32. The Morgan fingerprint density at radius 3 is 2.46 bits per heavy atom. The summed E-state index contributed by atoms with van der Waals surface area (Å²) in [6.45, 7) is 10.5. The van der Waals surface area contributed by atoms with Crippen LogP contribution in [-0.2, 0) is 14.3 Å². The van der Waals surface area contributed by atoms with Crippen molar-refractivity contribution in [1.29, 1.82) is 0 Å². The molecule has 0 radical (unpaired) electrons. The standard InChI is InChI=1S/C20H35NO3/c1-15-10-9-12-18(22)21(6)13-8-7-11-16(2)19(23)24-17(14-15)20(3,4)5/h8,13,15-17H,7,9-12,14H2,1-6H3/b13-8+/t15-,16-,17?/m1/s1. The van der Waals surface area contributed by atoms with Gasteiger partial charge in [0.1, 0.15) is 6.10 Å². The molecule has 138 valence electrons. The topological polar surface area (TPSA) is 46.6 Å². The number of carbonyl (C=O) groups is 2. The molecule has 1 rings (SSSR count). The monoisotopic (exact) mass is 337 g/mol. The summed E-state index contributed by atoms with van der Waals surface area (Å²) >= 11 is 0. The lowest BCUT2D eigenvalue weighted by atomic mass is 9.82. The Kier molecular flexibility index (Phi) is 7.98. The minimum Gasteiger partial charge on any atom is -0.462 e. The second-order valence-corrected chi connectivity index (χ2v) is 8.39. The average molecular weight is 338 g/mol. The lowest BCUT2D eigenvalue weighted by Crippen LogP contribution is -2.35. The predicted octanol–water partition coefficient (Wildman–Crippen LogP) is 4.54. The minimum absolute atomic E-state index is 0.0759. The molecule has 1 aliphatic rings. The van der Waals surface area contributed by atoms with Crippen LogP contribution in [0.25, 0.3) is 0 Å². The molecule has 0 bridgehead atoms. The molecule has 0 aromatic heterocycles. The maximum absolute atomic E-state index is 12.4.